The average molecular weight is 693 g/mol. The molecule has 0 atom stereocenters. The summed E-state index contributed by atoms with van der Waals surface area (Å²) in [5, 5.41) is 8.17. The van der Waals surface area contributed by atoms with Crippen LogP contribution in [0.2, 0.25) is 13.1 Å². The normalized spacial score (nSPS) is 13.2. The molecule has 8 aromatic carbocycles. The van der Waals surface area contributed by atoms with E-state index in [4.69, 9.17) is 0 Å². The number of aromatic nitrogens is 2. The highest BCUT2D eigenvalue weighted by Gasteiger charge is 2.38. The summed E-state index contributed by atoms with van der Waals surface area (Å²) in [6.07, 6.45) is 0. The minimum absolute atomic E-state index is 1.19. The van der Waals surface area contributed by atoms with Gasteiger partial charge in [-0.05, 0) is 92.3 Å². The maximum absolute atomic E-state index is 2.53. The fourth-order valence-corrected chi connectivity index (χ4v) is 12.2. The molecule has 2 aromatic heterocycles. The Morgan fingerprint density at radius 2 is 0.679 bits per heavy atom. The van der Waals surface area contributed by atoms with Gasteiger partial charge in [0, 0.05) is 32.9 Å². The average Bonchev–Trinajstić information content (AvgIpc) is 3.80. The van der Waals surface area contributed by atoms with Gasteiger partial charge in [0.1, 0.15) is 8.07 Å². The molecule has 0 N–H and O–H groups in total. The van der Waals surface area contributed by atoms with Gasteiger partial charge in [0.25, 0.3) is 0 Å². The van der Waals surface area contributed by atoms with Crippen molar-refractivity contribution in [2.24, 2.45) is 0 Å². The Labute approximate surface area is 309 Å². The van der Waals surface area contributed by atoms with Gasteiger partial charge in [-0.2, -0.15) is 0 Å². The van der Waals surface area contributed by atoms with Gasteiger partial charge in [-0.1, -0.05) is 147 Å². The predicted molar refractivity (Wildman–Crippen MR) is 228 cm³/mol. The summed E-state index contributed by atoms with van der Waals surface area (Å²) in [6.45, 7) is 5.05. The van der Waals surface area contributed by atoms with Crippen molar-refractivity contribution >= 4 is 62.1 Å². The number of hydrogen-bond acceptors (Lipinski definition) is 0. The van der Waals surface area contributed by atoms with E-state index in [1.807, 2.05) is 0 Å². The van der Waals surface area contributed by atoms with Crippen molar-refractivity contribution in [1.82, 2.24) is 9.13 Å². The van der Waals surface area contributed by atoms with Crippen LogP contribution in [0.15, 0.2) is 182 Å². The monoisotopic (exact) mass is 692 g/mol. The van der Waals surface area contributed by atoms with E-state index in [0.29, 0.717) is 0 Å². The van der Waals surface area contributed by atoms with E-state index in [9.17, 15) is 0 Å². The summed E-state index contributed by atoms with van der Waals surface area (Å²) in [6, 6.07) is 67.5. The Kier molecular flexibility index (Phi) is 6.44. The van der Waals surface area contributed by atoms with Crippen molar-refractivity contribution in [2.45, 2.75) is 13.1 Å². The summed E-state index contributed by atoms with van der Waals surface area (Å²) < 4.78 is 4.82. The van der Waals surface area contributed by atoms with E-state index in [1.165, 1.54) is 98.7 Å². The molecule has 2 nitrogen and oxygen atoms in total. The van der Waals surface area contributed by atoms with Gasteiger partial charge in [-0.15, -0.1) is 0 Å². The number of fused-ring (bicyclic) bond motifs is 9. The quantitative estimate of drug-likeness (QED) is 0.163. The highest BCUT2D eigenvalue weighted by atomic mass is 28.3. The van der Waals surface area contributed by atoms with Crippen LogP contribution in [0.5, 0.6) is 0 Å². The summed E-state index contributed by atoms with van der Waals surface area (Å²) in [5.41, 5.74) is 15.2. The van der Waals surface area contributed by atoms with Crippen molar-refractivity contribution in [3.8, 4) is 44.8 Å². The SMILES string of the molecule is C[Si]1(C)c2cc(-c3ccc4c5ccccc5n(-c5ccccc5)c4c3)ccc2-c2ccc(-c3ccc4c5ccccc5n(-c5ccccc5)c4c3)cc21. The molecule has 3 heterocycles. The second-order valence-corrected chi connectivity index (χ2v) is 19.3. The zero-order valence-electron chi connectivity index (χ0n) is 29.7. The first kappa shape index (κ1) is 30.2. The van der Waals surface area contributed by atoms with E-state index in [2.05, 4.69) is 204 Å². The van der Waals surface area contributed by atoms with Gasteiger partial charge in [0.05, 0.1) is 22.1 Å². The zero-order chi connectivity index (χ0) is 35.3. The fourth-order valence-electron chi connectivity index (χ4n) is 9.11. The van der Waals surface area contributed by atoms with Gasteiger partial charge in [0.2, 0.25) is 0 Å². The number of rotatable bonds is 4. The molecule has 0 spiro atoms. The molecule has 53 heavy (non-hydrogen) atoms. The van der Waals surface area contributed by atoms with Crippen LogP contribution in [0.25, 0.3) is 88.4 Å². The molecule has 3 heteroatoms. The second-order valence-electron chi connectivity index (χ2n) is 15.0. The van der Waals surface area contributed by atoms with Gasteiger partial charge in [0.15, 0.2) is 0 Å². The molecule has 1 aliphatic heterocycles. The molecule has 11 rings (SSSR count). The first-order valence-corrected chi connectivity index (χ1v) is 21.5. The van der Waals surface area contributed by atoms with E-state index < -0.39 is 8.07 Å². The van der Waals surface area contributed by atoms with Crippen LogP contribution in [0.3, 0.4) is 0 Å². The number of benzene rings is 8. The zero-order valence-corrected chi connectivity index (χ0v) is 30.7. The maximum Gasteiger partial charge on any atom is 0.113 e. The molecule has 0 radical (unpaired) electrons. The lowest BCUT2D eigenvalue weighted by molar-refractivity contribution is 1.18. The number of hydrogen-bond donors (Lipinski definition) is 0. The first-order valence-electron chi connectivity index (χ1n) is 18.5. The summed E-state index contributed by atoms with van der Waals surface area (Å²) in [7, 11) is -2.01. The lowest BCUT2D eigenvalue weighted by Gasteiger charge is -2.20. The van der Waals surface area contributed by atoms with Crippen LogP contribution in [0.1, 0.15) is 0 Å². The van der Waals surface area contributed by atoms with E-state index >= 15 is 0 Å². The Bertz CT molecular complexity index is 2870. The third-order valence-corrected chi connectivity index (χ3v) is 15.2. The maximum atomic E-state index is 2.53. The first-order chi connectivity index (χ1) is 26.0. The third kappa shape index (κ3) is 4.44. The van der Waals surface area contributed by atoms with E-state index in [1.54, 1.807) is 0 Å². The molecular formula is C50H36N2Si. The van der Waals surface area contributed by atoms with Crippen molar-refractivity contribution in [2.75, 3.05) is 0 Å². The largest absolute Gasteiger partial charge is 0.309 e. The molecule has 0 fully saturated rings. The van der Waals surface area contributed by atoms with Crippen LogP contribution in [0, 0.1) is 0 Å². The van der Waals surface area contributed by atoms with Crippen molar-refractivity contribution in [3.05, 3.63) is 182 Å². The molecule has 0 bridgehead atoms. The lowest BCUT2D eigenvalue weighted by atomic mass is 9.97. The fraction of sp³-hybridized carbons (Fsp3) is 0.0400. The Balaban J connectivity index is 1.01. The van der Waals surface area contributed by atoms with Gasteiger partial charge >= 0.3 is 0 Å². The molecule has 0 saturated heterocycles. The molecule has 0 unspecified atom stereocenters. The number of para-hydroxylation sites is 4. The molecule has 10 aromatic rings. The van der Waals surface area contributed by atoms with E-state index in [0.717, 1.165) is 0 Å². The topological polar surface area (TPSA) is 9.86 Å². The molecule has 0 saturated carbocycles. The van der Waals surface area contributed by atoms with Gasteiger partial charge in [-0.25, -0.2) is 0 Å². The third-order valence-electron chi connectivity index (χ3n) is 11.7. The second kappa shape index (κ2) is 11.3. The van der Waals surface area contributed by atoms with E-state index in [-0.39, 0.29) is 0 Å². The standard InChI is InChI=1S/C50H36N2Si/c1-53(2)49-31-35(33-21-25-41-39-17-9-11-19-45(39)51(47(41)29-33)37-13-5-3-6-14-37)23-27-43(49)44-28-24-36(32-50(44)53)34-22-26-42-40-18-10-12-20-46(40)52(48(42)30-34)38-15-7-4-8-16-38/h3-32H,1-2H3. The Morgan fingerprint density at radius 3 is 1.13 bits per heavy atom. The highest BCUT2D eigenvalue weighted by Crippen LogP contribution is 2.39. The van der Waals surface area contributed by atoms with Crippen LogP contribution in [-0.2, 0) is 0 Å². The van der Waals surface area contributed by atoms with Crippen LogP contribution in [0.4, 0.5) is 0 Å². The van der Waals surface area contributed by atoms with Crippen molar-refractivity contribution in [1.29, 1.82) is 0 Å². The summed E-state index contributed by atoms with van der Waals surface area (Å²) in [4.78, 5) is 0. The molecule has 0 aliphatic carbocycles. The smallest absolute Gasteiger partial charge is 0.113 e. The minimum atomic E-state index is -2.01. The summed E-state index contributed by atoms with van der Waals surface area (Å²) >= 11 is 0. The Hall–Kier alpha value is -6.42. The van der Waals surface area contributed by atoms with Crippen molar-refractivity contribution < 1.29 is 0 Å². The predicted octanol–water partition coefficient (Wildman–Crippen LogP) is 12.0. The van der Waals surface area contributed by atoms with Crippen LogP contribution in [-0.4, -0.2) is 17.2 Å². The highest BCUT2D eigenvalue weighted by molar-refractivity contribution is 7.03. The minimum Gasteiger partial charge on any atom is -0.309 e. The molecule has 1 aliphatic rings. The molecule has 250 valence electrons. The van der Waals surface area contributed by atoms with Crippen LogP contribution < -0.4 is 10.4 Å². The van der Waals surface area contributed by atoms with Gasteiger partial charge in [-0.3, -0.25) is 0 Å². The van der Waals surface area contributed by atoms with Crippen LogP contribution >= 0.6 is 0 Å². The molecule has 0 amide bonds. The van der Waals surface area contributed by atoms with Gasteiger partial charge < -0.3 is 9.13 Å². The molecular weight excluding hydrogens is 657 g/mol. The Morgan fingerprint density at radius 1 is 0.321 bits per heavy atom. The number of nitrogens with zero attached hydrogens (tertiary/aromatic N) is 2. The lowest BCUT2D eigenvalue weighted by Crippen LogP contribution is -2.49. The van der Waals surface area contributed by atoms with Crippen molar-refractivity contribution in [3.63, 3.8) is 0 Å². The summed E-state index contributed by atoms with van der Waals surface area (Å²) in [5.74, 6) is 0.